The molecule has 1 aromatic heterocycles. The first-order valence-electron chi connectivity index (χ1n) is 13.5. The normalized spacial score (nSPS) is 10.9. The van der Waals surface area contributed by atoms with Crippen molar-refractivity contribution in [1.29, 1.82) is 0 Å². The number of H-pyrrole nitrogens is 1. The zero-order chi connectivity index (χ0) is 28.5. The molecule has 0 saturated carbocycles. The third kappa shape index (κ3) is 7.00. The number of methoxy groups -OCH3 is 2. The fraction of sp³-hybridized carbons (Fsp3) is 0.312. The molecule has 210 valence electrons. The Labute approximate surface area is 234 Å². The van der Waals surface area contributed by atoms with E-state index in [1.165, 1.54) is 24.3 Å². The van der Waals surface area contributed by atoms with E-state index in [1.54, 1.807) is 24.0 Å². The van der Waals surface area contributed by atoms with Crippen LogP contribution >= 0.6 is 0 Å². The monoisotopic (exact) mass is 545 g/mol. The number of nitrogens with zero attached hydrogens (tertiary/aromatic N) is 2. The Balaban J connectivity index is 1.58. The first-order chi connectivity index (χ1) is 19.4. The third-order valence-electron chi connectivity index (χ3n) is 6.99. The largest absolute Gasteiger partial charge is 0.493 e. The first-order valence-corrected chi connectivity index (χ1v) is 13.5. The van der Waals surface area contributed by atoms with Crippen molar-refractivity contribution >= 4 is 22.7 Å². The molecule has 1 heterocycles. The van der Waals surface area contributed by atoms with Gasteiger partial charge in [-0.3, -0.25) is 9.59 Å². The van der Waals surface area contributed by atoms with Gasteiger partial charge in [-0.1, -0.05) is 37.6 Å². The number of benzene rings is 3. The average molecular weight is 546 g/mol. The maximum atomic E-state index is 13.8. The van der Waals surface area contributed by atoms with Crippen LogP contribution in [0.25, 0.3) is 10.9 Å². The highest BCUT2D eigenvalue weighted by molar-refractivity contribution is 5.96. The molecular formula is C32H36FN3O4. The van der Waals surface area contributed by atoms with Crippen LogP contribution in [0.15, 0.2) is 72.9 Å². The molecule has 3 aromatic carbocycles. The summed E-state index contributed by atoms with van der Waals surface area (Å²) >= 11 is 0. The summed E-state index contributed by atoms with van der Waals surface area (Å²) in [4.78, 5) is 33.8. The molecule has 0 bridgehead atoms. The van der Waals surface area contributed by atoms with E-state index in [0.29, 0.717) is 43.1 Å². The molecule has 0 spiro atoms. The van der Waals surface area contributed by atoms with Crippen LogP contribution in [0.4, 0.5) is 4.39 Å². The number of hydrogen-bond donors (Lipinski definition) is 1. The van der Waals surface area contributed by atoms with Crippen LogP contribution < -0.4 is 9.47 Å². The standard InChI is InChI=1S/C32H36FN3O4/c1-4-5-17-36(32(38)24-11-13-26(33)14-12-24)22-31(37)35(21-23-10-15-29(39-2)30(19-23)40-3)18-16-25-20-34-28-9-7-6-8-27(25)28/h6-15,19-20,34H,4-5,16-18,21-22H2,1-3H3. The summed E-state index contributed by atoms with van der Waals surface area (Å²) < 4.78 is 24.3. The number of fused-ring (bicyclic) bond motifs is 1. The summed E-state index contributed by atoms with van der Waals surface area (Å²) in [6.45, 7) is 3.20. The quantitative estimate of drug-likeness (QED) is 0.229. The second-order valence-corrected chi connectivity index (χ2v) is 9.70. The number of amides is 2. The number of aromatic nitrogens is 1. The smallest absolute Gasteiger partial charge is 0.254 e. The number of rotatable bonds is 13. The van der Waals surface area contributed by atoms with Crippen molar-refractivity contribution in [3.63, 3.8) is 0 Å². The molecule has 40 heavy (non-hydrogen) atoms. The zero-order valence-electron chi connectivity index (χ0n) is 23.3. The van der Waals surface area contributed by atoms with Crippen LogP contribution in [0.5, 0.6) is 11.5 Å². The van der Waals surface area contributed by atoms with Gasteiger partial charge in [0.15, 0.2) is 11.5 Å². The van der Waals surface area contributed by atoms with Gasteiger partial charge < -0.3 is 24.3 Å². The van der Waals surface area contributed by atoms with E-state index < -0.39 is 5.82 Å². The molecule has 1 N–H and O–H groups in total. The number of carbonyl (C=O) groups excluding carboxylic acids is 2. The van der Waals surface area contributed by atoms with Gasteiger partial charge in [-0.25, -0.2) is 4.39 Å². The molecule has 0 aliphatic rings. The summed E-state index contributed by atoms with van der Waals surface area (Å²) in [6.07, 6.45) is 4.25. The Morgan fingerprint density at radius 1 is 0.900 bits per heavy atom. The predicted octanol–water partition coefficient (Wildman–Crippen LogP) is 5.84. The Morgan fingerprint density at radius 2 is 1.65 bits per heavy atom. The van der Waals surface area contributed by atoms with Crippen LogP contribution in [0.2, 0.25) is 0 Å². The molecule has 4 aromatic rings. The highest BCUT2D eigenvalue weighted by Gasteiger charge is 2.23. The highest BCUT2D eigenvalue weighted by atomic mass is 19.1. The van der Waals surface area contributed by atoms with Gasteiger partial charge in [0.1, 0.15) is 12.4 Å². The van der Waals surface area contributed by atoms with E-state index in [2.05, 4.69) is 11.1 Å². The Bertz CT molecular complexity index is 1430. The molecule has 0 atom stereocenters. The van der Waals surface area contributed by atoms with Crippen LogP contribution in [0, 0.1) is 5.82 Å². The first kappa shape index (κ1) is 28.7. The predicted molar refractivity (Wildman–Crippen MR) is 154 cm³/mol. The number of halogens is 1. The number of aromatic amines is 1. The minimum Gasteiger partial charge on any atom is -0.493 e. The number of carbonyl (C=O) groups is 2. The van der Waals surface area contributed by atoms with Crippen LogP contribution in [0.3, 0.4) is 0 Å². The summed E-state index contributed by atoms with van der Waals surface area (Å²) in [5.41, 5.74) is 3.40. The molecule has 0 saturated heterocycles. The van der Waals surface area contributed by atoms with Gasteiger partial charge in [-0.05, 0) is 66.4 Å². The maximum absolute atomic E-state index is 13.8. The average Bonchev–Trinajstić information content (AvgIpc) is 3.40. The van der Waals surface area contributed by atoms with Crippen LogP contribution in [-0.4, -0.2) is 60.5 Å². The Hall–Kier alpha value is -4.33. The fourth-order valence-corrected chi connectivity index (χ4v) is 4.72. The lowest BCUT2D eigenvalue weighted by Gasteiger charge is -2.28. The second-order valence-electron chi connectivity index (χ2n) is 9.70. The van der Waals surface area contributed by atoms with Gasteiger partial charge in [0.05, 0.1) is 14.2 Å². The van der Waals surface area contributed by atoms with Crippen molar-refractivity contribution in [1.82, 2.24) is 14.8 Å². The van der Waals surface area contributed by atoms with E-state index in [0.717, 1.165) is 34.9 Å². The number of ether oxygens (including phenoxy) is 2. The van der Waals surface area contributed by atoms with E-state index in [4.69, 9.17) is 9.47 Å². The minimum atomic E-state index is -0.411. The summed E-state index contributed by atoms with van der Waals surface area (Å²) in [5.74, 6) is 0.329. The lowest BCUT2D eigenvalue weighted by Crippen LogP contribution is -2.43. The molecule has 8 heteroatoms. The maximum Gasteiger partial charge on any atom is 0.254 e. The van der Waals surface area contributed by atoms with E-state index in [-0.39, 0.29) is 18.4 Å². The summed E-state index contributed by atoms with van der Waals surface area (Å²) in [5, 5.41) is 1.12. The number of hydrogen-bond acceptors (Lipinski definition) is 4. The van der Waals surface area contributed by atoms with Gasteiger partial charge >= 0.3 is 0 Å². The van der Waals surface area contributed by atoms with Crippen LogP contribution in [0.1, 0.15) is 41.3 Å². The molecule has 0 unspecified atom stereocenters. The lowest BCUT2D eigenvalue weighted by atomic mass is 10.1. The van der Waals surface area contributed by atoms with Crippen molar-refractivity contribution < 1.29 is 23.5 Å². The van der Waals surface area contributed by atoms with Gasteiger partial charge in [0.25, 0.3) is 5.91 Å². The van der Waals surface area contributed by atoms with Gasteiger partial charge in [0.2, 0.25) is 5.91 Å². The topological polar surface area (TPSA) is 74.9 Å². The van der Waals surface area contributed by atoms with Crippen LogP contribution in [-0.2, 0) is 17.8 Å². The summed E-state index contributed by atoms with van der Waals surface area (Å²) in [7, 11) is 3.16. The molecule has 0 radical (unpaired) electrons. The number of para-hydroxylation sites is 1. The van der Waals surface area contributed by atoms with Gasteiger partial charge in [-0.15, -0.1) is 0 Å². The molecule has 0 fully saturated rings. The molecule has 4 rings (SSSR count). The van der Waals surface area contributed by atoms with Gasteiger partial charge in [0, 0.05) is 42.3 Å². The molecule has 0 aliphatic heterocycles. The lowest BCUT2D eigenvalue weighted by molar-refractivity contribution is -0.132. The molecule has 0 aliphatic carbocycles. The molecule has 2 amide bonds. The van der Waals surface area contributed by atoms with E-state index in [9.17, 15) is 14.0 Å². The van der Waals surface area contributed by atoms with Gasteiger partial charge in [-0.2, -0.15) is 0 Å². The highest BCUT2D eigenvalue weighted by Crippen LogP contribution is 2.28. The van der Waals surface area contributed by atoms with Crippen molar-refractivity contribution in [2.24, 2.45) is 0 Å². The third-order valence-corrected chi connectivity index (χ3v) is 6.99. The number of nitrogens with one attached hydrogen (secondary N) is 1. The van der Waals surface area contributed by atoms with E-state index in [1.807, 2.05) is 49.5 Å². The van der Waals surface area contributed by atoms with E-state index >= 15 is 0 Å². The zero-order valence-corrected chi connectivity index (χ0v) is 23.3. The summed E-state index contributed by atoms with van der Waals surface area (Å²) in [6, 6.07) is 19.1. The van der Waals surface area contributed by atoms with Crippen molar-refractivity contribution in [2.45, 2.75) is 32.7 Å². The minimum absolute atomic E-state index is 0.0720. The molecule has 7 nitrogen and oxygen atoms in total. The Kier molecular flexibility index (Phi) is 9.78. The molecular weight excluding hydrogens is 509 g/mol. The van der Waals surface area contributed by atoms with Crippen molar-refractivity contribution in [3.05, 3.63) is 95.4 Å². The van der Waals surface area contributed by atoms with Crippen molar-refractivity contribution in [2.75, 3.05) is 33.9 Å². The number of unbranched alkanes of at least 4 members (excludes halogenated alkanes) is 1. The SMILES string of the molecule is CCCCN(CC(=O)N(CCc1c[nH]c2ccccc12)Cc1ccc(OC)c(OC)c1)C(=O)c1ccc(F)cc1. The van der Waals surface area contributed by atoms with Crippen molar-refractivity contribution in [3.8, 4) is 11.5 Å². The second kappa shape index (κ2) is 13.6. The fourth-order valence-electron chi connectivity index (χ4n) is 4.72. The Morgan fingerprint density at radius 3 is 2.38 bits per heavy atom.